The lowest BCUT2D eigenvalue weighted by Gasteiger charge is -2.14. The first kappa shape index (κ1) is 13.6. The van der Waals surface area contributed by atoms with Gasteiger partial charge in [0.05, 0.1) is 6.20 Å². The molecule has 1 aromatic heterocycles. The van der Waals surface area contributed by atoms with E-state index in [0.717, 1.165) is 6.54 Å². The number of aromatic amines is 1. The molecule has 1 heterocycles. The van der Waals surface area contributed by atoms with Crippen LogP contribution in [0.5, 0.6) is 0 Å². The van der Waals surface area contributed by atoms with Crippen molar-refractivity contribution in [2.75, 3.05) is 0 Å². The summed E-state index contributed by atoms with van der Waals surface area (Å²) in [4.78, 5) is 0. The van der Waals surface area contributed by atoms with Crippen LogP contribution in [-0.4, -0.2) is 10.2 Å². The lowest BCUT2D eigenvalue weighted by molar-refractivity contribution is 0.575. The maximum Gasteiger partial charge on any atom is 0.0532 e. The zero-order chi connectivity index (χ0) is 14.5. The molecule has 0 bridgehead atoms. The van der Waals surface area contributed by atoms with Crippen molar-refractivity contribution >= 4 is 0 Å². The van der Waals surface area contributed by atoms with Crippen LogP contribution in [-0.2, 0) is 6.54 Å². The van der Waals surface area contributed by atoms with E-state index in [9.17, 15) is 0 Å². The van der Waals surface area contributed by atoms with E-state index in [2.05, 4.69) is 71.0 Å². The van der Waals surface area contributed by atoms with Crippen LogP contribution < -0.4 is 5.32 Å². The number of nitrogens with one attached hydrogen (secondary N) is 2. The lowest BCUT2D eigenvalue weighted by Crippen LogP contribution is -2.17. The average Bonchev–Trinajstić information content (AvgIpc) is 3.07. The van der Waals surface area contributed by atoms with Gasteiger partial charge in [0.2, 0.25) is 0 Å². The van der Waals surface area contributed by atoms with E-state index in [0.29, 0.717) is 6.04 Å². The Kier molecular flexibility index (Phi) is 4.12. The molecule has 0 fully saturated rings. The fourth-order valence-electron chi connectivity index (χ4n) is 2.36. The van der Waals surface area contributed by atoms with Gasteiger partial charge in [0.25, 0.3) is 0 Å². The zero-order valence-corrected chi connectivity index (χ0v) is 12.1. The SMILES string of the molecule is CC(NCc1cn[nH]c1)c1ccc(-c2ccccc2)cc1. The normalized spacial score (nSPS) is 12.2. The molecule has 2 aromatic carbocycles. The summed E-state index contributed by atoms with van der Waals surface area (Å²) in [5.74, 6) is 0. The van der Waals surface area contributed by atoms with Crippen LogP contribution >= 0.6 is 0 Å². The van der Waals surface area contributed by atoms with Crippen LogP contribution in [0.25, 0.3) is 11.1 Å². The van der Waals surface area contributed by atoms with E-state index in [-0.39, 0.29) is 0 Å². The van der Waals surface area contributed by atoms with Gasteiger partial charge in [0.15, 0.2) is 0 Å². The summed E-state index contributed by atoms with van der Waals surface area (Å²) in [6.45, 7) is 3.00. The molecule has 3 aromatic rings. The van der Waals surface area contributed by atoms with E-state index < -0.39 is 0 Å². The highest BCUT2D eigenvalue weighted by Gasteiger charge is 2.05. The number of aromatic nitrogens is 2. The largest absolute Gasteiger partial charge is 0.306 e. The van der Waals surface area contributed by atoms with E-state index in [1.807, 2.05) is 18.5 Å². The second-order valence-electron chi connectivity index (χ2n) is 5.20. The van der Waals surface area contributed by atoms with E-state index in [1.165, 1.54) is 22.3 Å². The molecular weight excluding hydrogens is 258 g/mol. The Balaban J connectivity index is 1.66. The van der Waals surface area contributed by atoms with Crippen molar-refractivity contribution in [3.8, 4) is 11.1 Å². The highest BCUT2D eigenvalue weighted by atomic mass is 15.1. The Morgan fingerprint density at radius 3 is 2.38 bits per heavy atom. The topological polar surface area (TPSA) is 40.7 Å². The number of nitrogens with zero attached hydrogens (tertiary/aromatic N) is 1. The van der Waals surface area contributed by atoms with Crippen molar-refractivity contribution in [3.05, 3.63) is 78.1 Å². The molecule has 0 saturated heterocycles. The van der Waals surface area contributed by atoms with Gasteiger partial charge in [-0.25, -0.2) is 0 Å². The quantitative estimate of drug-likeness (QED) is 0.742. The molecule has 0 aliphatic carbocycles. The van der Waals surface area contributed by atoms with Crippen LogP contribution in [0.2, 0.25) is 0 Å². The molecule has 0 aliphatic heterocycles. The Bertz CT molecular complexity index is 657. The number of hydrogen-bond donors (Lipinski definition) is 2. The van der Waals surface area contributed by atoms with Gasteiger partial charge in [-0.05, 0) is 23.6 Å². The first-order chi connectivity index (χ1) is 10.3. The summed E-state index contributed by atoms with van der Waals surface area (Å²) in [5.41, 5.74) is 4.96. The molecule has 106 valence electrons. The van der Waals surface area contributed by atoms with Crippen molar-refractivity contribution in [1.29, 1.82) is 0 Å². The number of benzene rings is 2. The molecule has 0 amide bonds. The van der Waals surface area contributed by atoms with Crippen LogP contribution in [0, 0.1) is 0 Å². The van der Waals surface area contributed by atoms with Gasteiger partial charge < -0.3 is 5.32 Å². The summed E-state index contributed by atoms with van der Waals surface area (Å²) in [5, 5.41) is 10.3. The van der Waals surface area contributed by atoms with Gasteiger partial charge in [-0.1, -0.05) is 54.6 Å². The molecule has 1 atom stereocenters. The molecule has 3 heteroatoms. The second kappa shape index (κ2) is 6.37. The third-order valence-electron chi connectivity index (χ3n) is 3.69. The lowest BCUT2D eigenvalue weighted by atomic mass is 10.0. The smallest absolute Gasteiger partial charge is 0.0532 e. The molecule has 1 unspecified atom stereocenters. The molecule has 0 saturated carbocycles. The van der Waals surface area contributed by atoms with Gasteiger partial charge in [-0.15, -0.1) is 0 Å². The molecule has 21 heavy (non-hydrogen) atoms. The Morgan fingerprint density at radius 1 is 1.00 bits per heavy atom. The highest BCUT2D eigenvalue weighted by Crippen LogP contribution is 2.21. The van der Waals surface area contributed by atoms with Gasteiger partial charge >= 0.3 is 0 Å². The van der Waals surface area contributed by atoms with Crippen LogP contribution in [0.1, 0.15) is 24.1 Å². The molecule has 3 rings (SSSR count). The number of H-pyrrole nitrogens is 1. The predicted molar refractivity (Wildman–Crippen MR) is 85.7 cm³/mol. The molecule has 0 spiro atoms. The molecule has 0 aliphatic rings. The van der Waals surface area contributed by atoms with Crippen molar-refractivity contribution < 1.29 is 0 Å². The maximum absolute atomic E-state index is 3.95. The van der Waals surface area contributed by atoms with Gasteiger partial charge in [-0.3, -0.25) is 5.10 Å². The summed E-state index contributed by atoms with van der Waals surface area (Å²) >= 11 is 0. The molecule has 2 N–H and O–H groups in total. The van der Waals surface area contributed by atoms with Gasteiger partial charge in [0.1, 0.15) is 0 Å². The minimum absolute atomic E-state index is 0.310. The van der Waals surface area contributed by atoms with Crippen LogP contribution in [0.15, 0.2) is 67.0 Å². The molecule has 0 radical (unpaired) electrons. The van der Waals surface area contributed by atoms with E-state index in [4.69, 9.17) is 0 Å². The predicted octanol–water partition coefficient (Wildman–Crippen LogP) is 3.93. The maximum atomic E-state index is 3.95. The fourth-order valence-corrected chi connectivity index (χ4v) is 2.36. The summed E-state index contributed by atoms with van der Waals surface area (Å²) in [7, 11) is 0. The third-order valence-corrected chi connectivity index (χ3v) is 3.69. The number of rotatable bonds is 5. The van der Waals surface area contributed by atoms with Crippen molar-refractivity contribution in [3.63, 3.8) is 0 Å². The fraction of sp³-hybridized carbons (Fsp3) is 0.167. The Hall–Kier alpha value is -2.39. The Labute approximate surface area is 125 Å². The second-order valence-corrected chi connectivity index (χ2v) is 5.20. The van der Waals surface area contributed by atoms with Crippen LogP contribution in [0.4, 0.5) is 0 Å². The first-order valence-electron chi connectivity index (χ1n) is 7.19. The van der Waals surface area contributed by atoms with E-state index >= 15 is 0 Å². The van der Waals surface area contributed by atoms with Crippen LogP contribution in [0.3, 0.4) is 0 Å². The van der Waals surface area contributed by atoms with Crippen molar-refractivity contribution in [1.82, 2.24) is 15.5 Å². The monoisotopic (exact) mass is 277 g/mol. The van der Waals surface area contributed by atoms with Gasteiger partial charge in [-0.2, -0.15) is 5.10 Å². The molecule has 3 nitrogen and oxygen atoms in total. The summed E-state index contributed by atoms with van der Waals surface area (Å²) < 4.78 is 0. The highest BCUT2D eigenvalue weighted by molar-refractivity contribution is 5.63. The summed E-state index contributed by atoms with van der Waals surface area (Å²) in [6.07, 6.45) is 3.76. The van der Waals surface area contributed by atoms with Crippen molar-refractivity contribution in [2.45, 2.75) is 19.5 Å². The number of hydrogen-bond acceptors (Lipinski definition) is 2. The minimum Gasteiger partial charge on any atom is -0.306 e. The zero-order valence-electron chi connectivity index (χ0n) is 12.1. The summed E-state index contributed by atoms with van der Waals surface area (Å²) in [6, 6.07) is 19.5. The third kappa shape index (κ3) is 3.38. The van der Waals surface area contributed by atoms with Crippen molar-refractivity contribution in [2.24, 2.45) is 0 Å². The Morgan fingerprint density at radius 2 is 1.71 bits per heavy atom. The average molecular weight is 277 g/mol. The minimum atomic E-state index is 0.310. The standard InChI is InChI=1S/C18H19N3/c1-14(19-11-15-12-20-21-13-15)16-7-9-18(10-8-16)17-5-3-2-4-6-17/h2-10,12-14,19H,11H2,1H3,(H,20,21). The van der Waals surface area contributed by atoms with E-state index in [1.54, 1.807) is 0 Å². The molecular formula is C18H19N3. The first-order valence-corrected chi connectivity index (χ1v) is 7.19. The van der Waals surface area contributed by atoms with Gasteiger partial charge in [0, 0.05) is 24.3 Å².